The lowest BCUT2D eigenvalue weighted by atomic mass is 9.94. The minimum atomic E-state index is -0.877. The minimum absolute atomic E-state index is 0.0567. The van der Waals surface area contributed by atoms with E-state index in [0.29, 0.717) is 12.0 Å². The van der Waals surface area contributed by atoms with Crippen LogP contribution in [0.1, 0.15) is 33.5 Å². The number of methoxy groups -OCH3 is 1. The molecule has 0 radical (unpaired) electrons. The molecule has 102 valence electrons. The van der Waals surface area contributed by atoms with E-state index in [1.807, 2.05) is 20.8 Å². The van der Waals surface area contributed by atoms with Gasteiger partial charge in [0.25, 0.3) is 0 Å². The number of hydrogen-bond donors (Lipinski definition) is 1. The molecule has 19 heavy (non-hydrogen) atoms. The van der Waals surface area contributed by atoms with E-state index in [1.54, 1.807) is 13.2 Å². The SMILES string of the molecule is COc1c(C)cc(C(=O)C2CC2C(=O)O)c(C)c1C. The van der Waals surface area contributed by atoms with Crippen LogP contribution in [0.25, 0.3) is 0 Å². The second-order valence-corrected chi connectivity index (χ2v) is 5.18. The van der Waals surface area contributed by atoms with Crippen LogP contribution in [0.4, 0.5) is 0 Å². The molecule has 1 N–H and O–H groups in total. The first-order valence-corrected chi connectivity index (χ1v) is 6.30. The van der Waals surface area contributed by atoms with Gasteiger partial charge >= 0.3 is 5.97 Å². The minimum Gasteiger partial charge on any atom is -0.496 e. The van der Waals surface area contributed by atoms with Gasteiger partial charge in [-0.3, -0.25) is 9.59 Å². The second kappa shape index (κ2) is 4.68. The Morgan fingerprint density at radius 3 is 2.32 bits per heavy atom. The van der Waals surface area contributed by atoms with Gasteiger partial charge in [0.05, 0.1) is 13.0 Å². The summed E-state index contributed by atoms with van der Waals surface area (Å²) in [6.07, 6.45) is 0.456. The van der Waals surface area contributed by atoms with Crippen LogP contribution in [0.15, 0.2) is 6.07 Å². The molecule has 4 heteroatoms. The summed E-state index contributed by atoms with van der Waals surface area (Å²) >= 11 is 0. The van der Waals surface area contributed by atoms with Crippen molar-refractivity contribution >= 4 is 11.8 Å². The van der Waals surface area contributed by atoms with E-state index in [0.717, 1.165) is 22.4 Å². The summed E-state index contributed by atoms with van der Waals surface area (Å²) in [5, 5.41) is 8.91. The molecule has 1 aliphatic rings. The number of hydrogen-bond acceptors (Lipinski definition) is 3. The molecule has 1 aromatic rings. The third kappa shape index (κ3) is 2.23. The van der Waals surface area contributed by atoms with Crippen LogP contribution in [0.5, 0.6) is 5.75 Å². The number of ether oxygens (including phenoxy) is 1. The van der Waals surface area contributed by atoms with Crippen molar-refractivity contribution in [3.05, 3.63) is 28.3 Å². The Morgan fingerprint density at radius 1 is 1.21 bits per heavy atom. The highest BCUT2D eigenvalue weighted by molar-refractivity contribution is 6.04. The largest absolute Gasteiger partial charge is 0.496 e. The summed E-state index contributed by atoms with van der Waals surface area (Å²) in [5.41, 5.74) is 3.35. The Hall–Kier alpha value is -1.84. The number of rotatable bonds is 4. The molecule has 0 saturated heterocycles. The van der Waals surface area contributed by atoms with Crippen LogP contribution < -0.4 is 4.74 Å². The summed E-state index contributed by atoms with van der Waals surface area (Å²) < 4.78 is 5.32. The molecule has 4 nitrogen and oxygen atoms in total. The predicted octanol–water partition coefficient (Wildman–Crippen LogP) is 2.52. The maximum Gasteiger partial charge on any atom is 0.307 e. The van der Waals surface area contributed by atoms with Crippen molar-refractivity contribution in [2.45, 2.75) is 27.2 Å². The van der Waals surface area contributed by atoms with Gasteiger partial charge in [0, 0.05) is 11.5 Å². The third-order valence-corrected chi connectivity index (χ3v) is 3.94. The molecule has 0 aliphatic heterocycles. The second-order valence-electron chi connectivity index (χ2n) is 5.18. The Morgan fingerprint density at radius 2 is 1.84 bits per heavy atom. The molecule has 0 spiro atoms. The molecule has 0 amide bonds. The van der Waals surface area contributed by atoms with Gasteiger partial charge in [-0.2, -0.15) is 0 Å². The fourth-order valence-corrected chi connectivity index (χ4v) is 2.59. The number of carbonyl (C=O) groups is 2. The normalized spacial score (nSPS) is 21.1. The number of benzene rings is 1. The average molecular weight is 262 g/mol. The smallest absolute Gasteiger partial charge is 0.307 e. The van der Waals surface area contributed by atoms with Crippen LogP contribution in [0.2, 0.25) is 0 Å². The molecule has 1 fully saturated rings. The third-order valence-electron chi connectivity index (χ3n) is 3.94. The van der Waals surface area contributed by atoms with E-state index < -0.39 is 11.9 Å². The Bertz CT molecular complexity index is 560. The van der Waals surface area contributed by atoms with Crippen LogP contribution in [-0.2, 0) is 4.79 Å². The van der Waals surface area contributed by atoms with Gasteiger partial charge in [-0.25, -0.2) is 0 Å². The summed E-state index contributed by atoms with van der Waals surface area (Å²) in [4.78, 5) is 23.2. The van der Waals surface area contributed by atoms with Crippen LogP contribution in [-0.4, -0.2) is 24.0 Å². The van der Waals surface area contributed by atoms with Gasteiger partial charge < -0.3 is 9.84 Å². The fraction of sp³-hybridized carbons (Fsp3) is 0.467. The first kappa shape index (κ1) is 13.6. The number of carboxylic acids is 1. The zero-order chi connectivity index (χ0) is 14.3. The highest BCUT2D eigenvalue weighted by atomic mass is 16.5. The summed E-state index contributed by atoms with van der Waals surface area (Å²) in [6, 6.07) is 1.81. The summed E-state index contributed by atoms with van der Waals surface area (Å²) in [5.74, 6) is -1.01. The van der Waals surface area contributed by atoms with Crippen molar-refractivity contribution in [1.82, 2.24) is 0 Å². The summed E-state index contributed by atoms with van der Waals surface area (Å²) in [7, 11) is 1.61. The van der Waals surface area contributed by atoms with Crippen LogP contribution in [0.3, 0.4) is 0 Å². The van der Waals surface area contributed by atoms with E-state index in [-0.39, 0.29) is 11.7 Å². The molecule has 2 rings (SSSR count). The fourth-order valence-electron chi connectivity index (χ4n) is 2.59. The highest BCUT2D eigenvalue weighted by Gasteiger charge is 2.48. The maximum atomic E-state index is 12.3. The number of carboxylic acid groups (broad SMARTS) is 1. The highest BCUT2D eigenvalue weighted by Crippen LogP contribution is 2.42. The molecular formula is C15H18O4. The quantitative estimate of drug-likeness (QED) is 0.847. The van der Waals surface area contributed by atoms with Crippen molar-refractivity contribution in [3.8, 4) is 5.75 Å². The van der Waals surface area contributed by atoms with Crippen LogP contribution in [0, 0.1) is 32.6 Å². The van der Waals surface area contributed by atoms with E-state index >= 15 is 0 Å². The number of aliphatic carboxylic acids is 1. The van der Waals surface area contributed by atoms with E-state index in [9.17, 15) is 9.59 Å². The van der Waals surface area contributed by atoms with E-state index in [4.69, 9.17) is 9.84 Å². The standard InChI is InChI=1S/C15H18O4/c1-7-5-10(8(2)9(3)14(7)19-4)13(16)11-6-12(11)15(17)18/h5,11-12H,6H2,1-4H3,(H,17,18). The molecule has 0 heterocycles. The number of Topliss-reactive ketones (excluding diaryl/α,β-unsaturated/α-hetero) is 1. The number of ketones is 1. The van der Waals surface area contributed by atoms with Crippen LogP contribution >= 0.6 is 0 Å². The Balaban J connectivity index is 2.37. The average Bonchev–Trinajstić information content (AvgIpc) is 3.14. The first-order chi connectivity index (χ1) is 8.88. The molecule has 1 saturated carbocycles. The zero-order valence-corrected chi connectivity index (χ0v) is 11.6. The number of aryl methyl sites for hydroxylation is 1. The molecule has 2 unspecified atom stereocenters. The molecule has 0 aromatic heterocycles. The van der Waals surface area contributed by atoms with E-state index in [2.05, 4.69) is 0 Å². The summed E-state index contributed by atoms with van der Waals surface area (Å²) in [6.45, 7) is 5.69. The Labute approximate surface area is 112 Å². The van der Waals surface area contributed by atoms with Gasteiger partial charge in [-0.1, -0.05) is 0 Å². The van der Waals surface area contributed by atoms with Crippen molar-refractivity contribution in [2.75, 3.05) is 7.11 Å². The van der Waals surface area contributed by atoms with Crippen molar-refractivity contribution in [2.24, 2.45) is 11.8 Å². The van der Waals surface area contributed by atoms with Crippen molar-refractivity contribution in [3.63, 3.8) is 0 Å². The molecule has 1 aromatic carbocycles. The monoisotopic (exact) mass is 262 g/mol. The van der Waals surface area contributed by atoms with Gasteiger partial charge in [0.15, 0.2) is 5.78 Å². The lowest BCUT2D eigenvalue weighted by Crippen LogP contribution is -2.11. The molecular weight excluding hydrogens is 244 g/mol. The molecule has 2 atom stereocenters. The molecule has 1 aliphatic carbocycles. The Kier molecular flexibility index (Phi) is 3.35. The van der Waals surface area contributed by atoms with E-state index in [1.165, 1.54) is 0 Å². The predicted molar refractivity (Wildman–Crippen MR) is 70.8 cm³/mol. The zero-order valence-electron chi connectivity index (χ0n) is 11.6. The van der Waals surface area contributed by atoms with Crippen molar-refractivity contribution < 1.29 is 19.4 Å². The number of carbonyl (C=O) groups excluding carboxylic acids is 1. The van der Waals surface area contributed by atoms with Gasteiger partial charge in [-0.15, -0.1) is 0 Å². The van der Waals surface area contributed by atoms with Gasteiger partial charge in [0.1, 0.15) is 5.75 Å². The van der Waals surface area contributed by atoms with Gasteiger partial charge in [0.2, 0.25) is 0 Å². The lowest BCUT2D eigenvalue weighted by Gasteiger charge is -2.14. The van der Waals surface area contributed by atoms with Crippen molar-refractivity contribution in [1.29, 1.82) is 0 Å². The lowest BCUT2D eigenvalue weighted by molar-refractivity contribution is -0.138. The first-order valence-electron chi connectivity index (χ1n) is 6.30. The topological polar surface area (TPSA) is 63.6 Å². The maximum absolute atomic E-state index is 12.3. The molecule has 0 bridgehead atoms. The van der Waals surface area contributed by atoms with Gasteiger partial charge in [-0.05, 0) is 49.9 Å².